The van der Waals surface area contributed by atoms with E-state index in [1.807, 2.05) is 26.0 Å². The number of aromatic nitrogens is 2. The molecular weight excluding hydrogens is 272 g/mol. The van der Waals surface area contributed by atoms with Crippen LogP contribution in [0.25, 0.3) is 0 Å². The largest absolute Gasteiger partial charge is 0.363 e. The van der Waals surface area contributed by atoms with Crippen LogP contribution in [0.2, 0.25) is 5.15 Å². The lowest BCUT2D eigenvalue weighted by atomic mass is 10.1. The van der Waals surface area contributed by atoms with Gasteiger partial charge in [0.2, 0.25) is 0 Å². The maximum absolute atomic E-state index is 8.80. The van der Waals surface area contributed by atoms with Crippen molar-refractivity contribution in [3.63, 3.8) is 0 Å². The fourth-order valence-electron chi connectivity index (χ4n) is 1.96. The summed E-state index contributed by atoms with van der Waals surface area (Å²) in [6, 6.07) is 9.66. The Morgan fingerprint density at radius 1 is 1.30 bits per heavy atom. The molecule has 0 aliphatic carbocycles. The Balaban J connectivity index is 2.21. The highest BCUT2D eigenvalue weighted by atomic mass is 35.5. The van der Waals surface area contributed by atoms with E-state index in [-0.39, 0.29) is 6.04 Å². The van der Waals surface area contributed by atoms with E-state index >= 15 is 0 Å². The molecule has 1 N–H and O–H groups in total. The Bertz CT molecular complexity index is 631. The predicted octanol–water partition coefficient (Wildman–Crippen LogP) is 3.74. The zero-order chi connectivity index (χ0) is 14.5. The van der Waals surface area contributed by atoms with E-state index in [0.717, 1.165) is 23.4 Å². The van der Waals surface area contributed by atoms with Crippen LogP contribution in [-0.4, -0.2) is 9.97 Å². The Labute approximate surface area is 123 Å². The second-order valence-corrected chi connectivity index (χ2v) is 4.80. The number of anilines is 1. The highest BCUT2D eigenvalue weighted by Gasteiger charge is 2.11. The minimum atomic E-state index is 0.0685. The number of hydrogen-bond donors (Lipinski definition) is 1. The number of benzene rings is 1. The van der Waals surface area contributed by atoms with Crippen LogP contribution in [0.1, 0.15) is 36.6 Å². The number of halogens is 1. The molecule has 0 radical (unpaired) electrons. The van der Waals surface area contributed by atoms with Gasteiger partial charge in [-0.05, 0) is 31.0 Å². The second kappa shape index (κ2) is 6.36. The van der Waals surface area contributed by atoms with E-state index in [1.54, 1.807) is 12.1 Å². The number of nitriles is 1. The molecule has 0 spiro atoms. The molecule has 0 bridgehead atoms. The summed E-state index contributed by atoms with van der Waals surface area (Å²) >= 11 is 6.07. The molecule has 20 heavy (non-hydrogen) atoms. The van der Waals surface area contributed by atoms with Crippen LogP contribution in [0, 0.1) is 11.3 Å². The SMILES string of the molecule is CCc1c(Cl)ncnc1NC(C)c1ccc(C#N)cc1. The van der Waals surface area contributed by atoms with Crippen LogP contribution < -0.4 is 5.32 Å². The molecule has 1 aromatic heterocycles. The van der Waals surface area contributed by atoms with Crippen LogP contribution in [-0.2, 0) is 6.42 Å². The fourth-order valence-corrected chi connectivity index (χ4v) is 2.23. The molecule has 1 heterocycles. The van der Waals surface area contributed by atoms with Crippen molar-refractivity contribution in [2.45, 2.75) is 26.3 Å². The molecule has 0 saturated heterocycles. The van der Waals surface area contributed by atoms with Crippen LogP contribution >= 0.6 is 11.6 Å². The molecule has 0 aliphatic rings. The smallest absolute Gasteiger partial charge is 0.137 e. The van der Waals surface area contributed by atoms with Gasteiger partial charge in [-0.15, -0.1) is 0 Å². The van der Waals surface area contributed by atoms with Crippen LogP contribution in [0.15, 0.2) is 30.6 Å². The average molecular weight is 287 g/mol. The molecule has 2 aromatic rings. The van der Waals surface area contributed by atoms with E-state index in [1.165, 1.54) is 6.33 Å². The minimum absolute atomic E-state index is 0.0685. The Morgan fingerprint density at radius 3 is 2.60 bits per heavy atom. The van der Waals surface area contributed by atoms with Gasteiger partial charge in [0, 0.05) is 11.6 Å². The van der Waals surface area contributed by atoms with Crippen molar-refractivity contribution < 1.29 is 0 Å². The summed E-state index contributed by atoms with van der Waals surface area (Å²) in [6.07, 6.45) is 2.22. The van der Waals surface area contributed by atoms with E-state index < -0.39 is 0 Å². The molecule has 0 amide bonds. The third-order valence-electron chi connectivity index (χ3n) is 3.14. The van der Waals surface area contributed by atoms with Gasteiger partial charge in [0.05, 0.1) is 11.6 Å². The first-order valence-electron chi connectivity index (χ1n) is 6.41. The predicted molar refractivity (Wildman–Crippen MR) is 79.6 cm³/mol. The van der Waals surface area contributed by atoms with Gasteiger partial charge in [0.1, 0.15) is 17.3 Å². The van der Waals surface area contributed by atoms with Gasteiger partial charge in [0.15, 0.2) is 0 Å². The Kier molecular flexibility index (Phi) is 4.54. The molecule has 0 fully saturated rings. The van der Waals surface area contributed by atoms with Crippen molar-refractivity contribution in [3.05, 3.63) is 52.4 Å². The fraction of sp³-hybridized carbons (Fsp3) is 0.267. The summed E-state index contributed by atoms with van der Waals surface area (Å²) in [5.74, 6) is 0.754. The number of rotatable bonds is 4. The lowest BCUT2D eigenvalue weighted by molar-refractivity contribution is 0.862. The molecule has 2 rings (SSSR count). The molecule has 0 saturated carbocycles. The van der Waals surface area contributed by atoms with Gasteiger partial charge in [-0.1, -0.05) is 30.7 Å². The van der Waals surface area contributed by atoms with E-state index in [2.05, 4.69) is 21.4 Å². The molecule has 4 nitrogen and oxygen atoms in total. The lowest BCUT2D eigenvalue weighted by Crippen LogP contribution is -2.10. The minimum Gasteiger partial charge on any atom is -0.363 e. The van der Waals surface area contributed by atoms with Gasteiger partial charge in [-0.3, -0.25) is 0 Å². The van der Waals surface area contributed by atoms with Gasteiger partial charge in [-0.2, -0.15) is 5.26 Å². The summed E-state index contributed by atoms with van der Waals surface area (Å²) in [6.45, 7) is 4.05. The van der Waals surface area contributed by atoms with Crippen molar-refractivity contribution in [3.8, 4) is 6.07 Å². The first-order valence-corrected chi connectivity index (χ1v) is 6.79. The van der Waals surface area contributed by atoms with E-state index in [9.17, 15) is 0 Å². The standard InChI is InChI=1S/C15H15ClN4/c1-3-13-14(16)18-9-19-15(13)20-10(2)12-6-4-11(8-17)5-7-12/h4-7,9-10H,3H2,1-2H3,(H,18,19,20). The monoisotopic (exact) mass is 286 g/mol. The summed E-state index contributed by atoms with van der Waals surface area (Å²) < 4.78 is 0. The first-order chi connectivity index (χ1) is 9.65. The average Bonchev–Trinajstić information content (AvgIpc) is 2.47. The highest BCUT2D eigenvalue weighted by Crippen LogP contribution is 2.24. The van der Waals surface area contributed by atoms with Gasteiger partial charge in [0.25, 0.3) is 0 Å². The zero-order valence-corrected chi connectivity index (χ0v) is 12.1. The maximum Gasteiger partial charge on any atom is 0.137 e. The van der Waals surface area contributed by atoms with E-state index in [0.29, 0.717) is 10.7 Å². The number of nitrogens with one attached hydrogen (secondary N) is 1. The topological polar surface area (TPSA) is 61.6 Å². The Morgan fingerprint density at radius 2 is 2.00 bits per heavy atom. The van der Waals surface area contributed by atoms with E-state index in [4.69, 9.17) is 16.9 Å². The van der Waals surface area contributed by atoms with Crippen molar-refractivity contribution >= 4 is 17.4 Å². The molecule has 1 aromatic carbocycles. The normalized spacial score (nSPS) is 11.7. The summed E-state index contributed by atoms with van der Waals surface area (Å²) in [5, 5.41) is 12.6. The molecular formula is C15H15ClN4. The highest BCUT2D eigenvalue weighted by molar-refractivity contribution is 6.30. The van der Waals surface area contributed by atoms with Gasteiger partial charge in [-0.25, -0.2) is 9.97 Å². The van der Waals surface area contributed by atoms with Crippen molar-refractivity contribution in [1.29, 1.82) is 5.26 Å². The van der Waals surface area contributed by atoms with Crippen molar-refractivity contribution in [2.24, 2.45) is 0 Å². The number of hydrogen-bond acceptors (Lipinski definition) is 4. The molecule has 102 valence electrons. The summed E-state index contributed by atoms with van der Waals surface area (Å²) in [7, 11) is 0. The third-order valence-corrected chi connectivity index (χ3v) is 3.47. The zero-order valence-electron chi connectivity index (χ0n) is 11.4. The van der Waals surface area contributed by atoms with Crippen molar-refractivity contribution in [1.82, 2.24) is 9.97 Å². The maximum atomic E-state index is 8.80. The lowest BCUT2D eigenvalue weighted by Gasteiger charge is -2.17. The first kappa shape index (κ1) is 14.3. The molecule has 1 atom stereocenters. The molecule has 0 aliphatic heterocycles. The molecule has 5 heteroatoms. The van der Waals surface area contributed by atoms with Crippen molar-refractivity contribution in [2.75, 3.05) is 5.32 Å². The quantitative estimate of drug-likeness (QED) is 0.870. The summed E-state index contributed by atoms with van der Waals surface area (Å²) in [5.41, 5.74) is 2.65. The van der Waals surface area contributed by atoms with Gasteiger partial charge >= 0.3 is 0 Å². The van der Waals surface area contributed by atoms with Crippen LogP contribution in [0.3, 0.4) is 0 Å². The van der Waals surface area contributed by atoms with Crippen LogP contribution in [0.5, 0.6) is 0 Å². The summed E-state index contributed by atoms with van der Waals surface area (Å²) in [4.78, 5) is 8.24. The third kappa shape index (κ3) is 3.06. The second-order valence-electron chi connectivity index (χ2n) is 4.45. The van der Waals surface area contributed by atoms with Crippen LogP contribution in [0.4, 0.5) is 5.82 Å². The van der Waals surface area contributed by atoms with Gasteiger partial charge < -0.3 is 5.32 Å². The molecule has 1 unspecified atom stereocenters. The Hall–Kier alpha value is -2.12. The number of nitrogens with zero attached hydrogens (tertiary/aromatic N) is 3.